The normalized spacial score (nSPS) is 10.9. The van der Waals surface area contributed by atoms with Crippen LogP contribution in [0.1, 0.15) is 32.3 Å². The molecule has 6 nitrogen and oxygen atoms in total. The number of aryl methyl sites for hydroxylation is 2. The van der Waals surface area contributed by atoms with Gasteiger partial charge < -0.3 is 20.4 Å². The number of nitrogens with zero attached hydrogens (tertiary/aromatic N) is 1. The van der Waals surface area contributed by atoms with Crippen molar-refractivity contribution in [2.24, 2.45) is 4.99 Å². The maximum absolute atomic E-state index is 11.9. The average Bonchev–Trinajstić information content (AvgIpc) is 3.18. The molecule has 2 rings (SSSR count). The molecule has 0 fully saturated rings. The Morgan fingerprint density at radius 3 is 2.52 bits per heavy atom. The Morgan fingerprint density at radius 2 is 1.92 bits per heavy atom. The van der Waals surface area contributed by atoms with Gasteiger partial charge in [-0.25, -0.2) is 0 Å². The van der Waals surface area contributed by atoms with E-state index in [1.165, 1.54) is 16.0 Å². The Labute approximate surface area is 169 Å². The molecular formula is C17H25IN4O2S. The molecule has 0 unspecified atom stereocenters. The second kappa shape index (κ2) is 11.1. The molecule has 3 N–H and O–H groups in total. The minimum Gasteiger partial charge on any atom is -0.459 e. The van der Waals surface area contributed by atoms with Gasteiger partial charge in [-0.2, -0.15) is 0 Å². The fourth-order valence-electron chi connectivity index (χ4n) is 2.15. The molecular weight excluding hydrogens is 451 g/mol. The van der Waals surface area contributed by atoms with Gasteiger partial charge in [0.15, 0.2) is 11.7 Å². The van der Waals surface area contributed by atoms with Crippen LogP contribution in [0.25, 0.3) is 0 Å². The van der Waals surface area contributed by atoms with Crippen LogP contribution in [-0.2, 0) is 6.54 Å². The summed E-state index contributed by atoms with van der Waals surface area (Å²) in [6, 6.07) is 6.01. The highest BCUT2D eigenvalue weighted by molar-refractivity contribution is 14.0. The lowest BCUT2D eigenvalue weighted by Crippen LogP contribution is -2.38. The highest BCUT2D eigenvalue weighted by Gasteiger charge is 2.11. The molecule has 1 amide bonds. The number of furan rings is 1. The SMILES string of the molecule is CN=C(NCCCNC(=O)c1occc1C)NCc1ccc(C)s1.I. The molecule has 25 heavy (non-hydrogen) atoms. The van der Waals surface area contributed by atoms with Crippen molar-refractivity contribution in [2.75, 3.05) is 20.1 Å². The van der Waals surface area contributed by atoms with E-state index < -0.39 is 0 Å². The van der Waals surface area contributed by atoms with Crippen molar-refractivity contribution < 1.29 is 9.21 Å². The largest absolute Gasteiger partial charge is 0.459 e. The van der Waals surface area contributed by atoms with Gasteiger partial charge in [0.05, 0.1) is 12.8 Å². The first-order valence-electron chi connectivity index (χ1n) is 7.92. The smallest absolute Gasteiger partial charge is 0.287 e. The van der Waals surface area contributed by atoms with Crippen LogP contribution < -0.4 is 16.0 Å². The fourth-order valence-corrected chi connectivity index (χ4v) is 2.98. The van der Waals surface area contributed by atoms with Gasteiger partial charge in [-0.15, -0.1) is 35.3 Å². The van der Waals surface area contributed by atoms with Crippen LogP contribution in [-0.4, -0.2) is 32.0 Å². The molecule has 0 aliphatic rings. The van der Waals surface area contributed by atoms with E-state index in [0.29, 0.717) is 12.3 Å². The maximum Gasteiger partial charge on any atom is 0.287 e. The molecule has 0 atom stereocenters. The first-order chi connectivity index (χ1) is 11.6. The molecule has 2 aromatic rings. The summed E-state index contributed by atoms with van der Waals surface area (Å²) in [5.41, 5.74) is 0.846. The van der Waals surface area contributed by atoms with E-state index in [2.05, 4.69) is 40.0 Å². The molecule has 0 aromatic carbocycles. The lowest BCUT2D eigenvalue weighted by Gasteiger charge is -2.11. The van der Waals surface area contributed by atoms with E-state index in [-0.39, 0.29) is 29.9 Å². The standard InChI is InChI=1S/C17H24N4O2S.HI/c1-12-7-10-23-15(12)16(22)19-8-4-9-20-17(18-3)21-11-14-6-5-13(2)24-14;/h5-7,10H,4,8-9,11H2,1-3H3,(H,19,22)(H2,18,20,21);1H. The van der Waals surface area contributed by atoms with Crippen molar-refractivity contribution in [3.63, 3.8) is 0 Å². The van der Waals surface area contributed by atoms with Crippen LogP contribution in [0.15, 0.2) is 33.9 Å². The monoisotopic (exact) mass is 476 g/mol. The Balaban J connectivity index is 0.00000312. The molecule has 0 aliphatic carbocycles. The molecule has 0 saturated carbocycles. The van der Waals surface area contributed by atoms with E-state index in [0.717, 1.165) is 31.0 Å². The molecule has 0 radical (unpaired) electrons. The topological polar surface area (TPSA) is 78.7 Å². The highest BCUT2D eigenvalue weighted by atomic mass is 127. The van der Waals surface area contributed by atoms with Crippen LogP contribution in [0.2, 0.25) is 0 Å². The van der Waals surface area contributed by atoms with Gasteiger partial charge in [0.2, 0.25) is 0 Å². The number of hydrogen-bond acceptors (Lipinski definition) is 4. The number of carbonyl (C=O) groups excluding carboxylic acids is 1. The van der Waals surface area contributed by atoms with Gasteiger partial charge in [-0.1, -0.05) is 0 Å². The third-order valence-corrected chi connectivity index (χ3v) is 4.45. The van der Waals surface area contributed by atoms with Gasteiger partial charge in [-0.3, -0.25) is 9.79 Å². The number of hydrogen-bond donors (Lipinski definition) is 3. The minimum atomic E-state index is -0.173. The summed E-state index contributed by atoms with van der Waals surface area (Å²) in [6.45, 7) is 6.00. The molecule has 0 spiro atoms. The quantitative estimate of drug-likeness (QED) is 0.249. The first kappa shape index (κ1) is 21.5. The Hall–Kier alpha value is -1.55. The van der Waals surface area contributed by atoms with Gasteiger partial charge in [0.1, 0.15) is 0 Å². The molecule has 2 heterocycles. The van der Waals surface area contributed by atoms with Crippen molar-refractivity contribution >= 4 is 47.2 Å². The van der Waals surface area contributed by atoms with Crippen LogP contribution in [0, 0.1) is 13.8 Å². The van der Waals surface area contributed by atoms with Crippen LogP contribution in [0.5, 0.6) is 0 Å². The number of guanidine groups is 1. The summed E-state index contributed by atoms with van der Waals surface area (Å²) in [5, 5.41) is 9.36. The number of halogens is 1. The third kappa shape index (κ3) is 7.07. The van der Waals surface area contributed by atoms with Gasteiger partial charge in [-0.05, 0) is 38.5 Å². The van der Waals surface area contributed by atoms with Gasteiger partial charge >= 0.3 is 0 Å². The number of aliphatic imine (C=N–C) groups is 1. The van der Waals surface area contributed by atoms with E-state index in [1.54, 1.807) is 24.5 Å². The van der Waals surface area contributed by atoms with Gasteiger partial charge in [0, 0.05) is 35.5 Å². The fraction of sp³-hybridized carbons (Fsp3) is 0.412. The number of thiophene rings is 1. The lowest BCUT2D eigenvalue weighted by molar-refractivity contribution is 0.0925. The predicted molar refractivity (Wildman–Crippen MR) is 113 cm³/mol. The second-order valence-electron chi connectivity index (χ2n) is 5.41. The molecule has 8 heteroatoms. The first-order valence-corrected chi connectivity index (χ1v) is 8.74. The average molecular weight is 476 g/mol. The molecule has 2 aromatic heterocycles. The van der Waals surface area contributed by atoms with E-state index in [9.17, 15) is 4.79 Å². The number of nitrogens with one attached hydrogen (secondary N) is 3. The van der Waals surface area contributed by atoms with Crippen LogP contribution in [0.3, 0.4) is 0 Å². The summed E-state index contributed by atoms with van der Waals surface area (Å²) < 4.78 is 5.16. The van der Waals surface area contributed by atoms with Crippen molar-refractivity contribution in [3.05, 3.63) is 45.5 Å². The highest BCUT2D eigenvalue weighted by Crippen LogP contribution is 2.14. The third-order valence-electron chi connectivity index (χ3n) is 3.45. The maximum atomic E-state index is 11.9. The summed E-state index contributed by atoms with van der Waals surface area (Å²) in [6.07, 6.45) is 2.32. The van der Waals surface area contributed by atoms with Crippen molar-refractivity contribution in [3.8, 4) is 0 Å². The second-order valence-corrected chi connectivity index (χ2v) is 6.78. The van der Waals surface area contributed by atoms with Crippen molar-refractivity contribution in [2.45, 2.75) is 26.8 Å². The molecule has 0 saturated heterocycles. The summed E-state index contributed by atoms with van der Waals surface area (Å²) in [4.78, 5) is 18.7. The predicted octanol–water partition coefficient (Wildman–Crippen LogP) is 3.06. The minimum absolute atomic E-state index is 0. The van der Waals surface area contributed by atoms with E-state index in [4.69, 9.17) is 4.42 Å². The van der Waals surface area contributed by atoms with Gasteiger partial charge in [0.25, 0.3) is 5.91 Å². The van der Waals surface area contributed by atoms with Crippen molar-refractivity contribution in [1.29, 1.82) is 0 Å². The Morgan fingerprint density at radius 1 is 1.16 bits per heavy atom. The molecule has 0 bridgehead atoms. The Bertz CT molecular complexity index is 696. The van der Waals surface area contributed by atoms with Crippen LogP contribution >= 0.6 is 35.3 Å². The molecule has 0 aliphatic heterocycles. The number of amides is 1. The zero-order valence-corrected chi connectivity index (χ0v) is 17.9. The molecule has 138 valence electrons. The van der Waals surface area contributed by atoms with Crippen molar-refractivity contribution in [1.82, 2.24) is 16.0 Å². The summed E-state index contributed by atoms with van der Waals surface area (Å²) in [7, 11) is 1.75. The Kier molecular flexibility index (Phi) is 9.58. The number of rotatable bonds is 7. The summed E-state index contributed by atoms with van der Waals surface area (Å²) in [5.74, 6) is 0.967. The van der Waals surface area contributed by atoms with E-state index in [1.807, 2.05) is 6.92 Å². The van der Waals surface area contributed by atoms with Crippen LogP contribution in [0.4, 0.5) is 0 Å². The number of carbonyl (C=O) groups is 1. The summed E-state index contributed by atoms with van der Waals surface area (Å²) >= 11 is 1.77. The zero-order chi connectivity index (χ0) is 17.4. The lowest BCUT2D eigenvalue weighted by atomic mass is 10.2. The van der Waals surface area contributed by atoms with E-state index >= 15 is 0 Å². The zero-order valence-electron chi connectivity index (χ0n) is 14.7.